The maximum absolute atomic E-state index is 14.2. The fraction of sp³-hybridized carbons (Fsp3) is 0.214. The average molecular weight is 469 g/mol. The highest BCUT2D eigenvalue weighted by molar-refractivity contribution is 14.1. The van der Waals surface area contributed by atoms with Crippen molar-refractivity contribution in [1.82, 2.24) is 14.7 Å². The second kappa shape index (κ2) is 6.95. The van der Waals surface area contributed by atoms with Crippen LogP contribution in [0.1, 0.15) is 11.3 Å². The third-order valence-corrected chi connectivity index (χ3v) is 3.87. The van der Waals surface area contributed by atoms with Gasteiger partial charge in [-0.1, -0.05) is 0 Å². The molecule has 1 aromatic carbocycles. The van der Waals surface area contributed by atoms with Gasteiger partial charge in [0.15, 0.2) is 23.1 Å². The van der Waals surface area contributed by atoms with Crippen LogP contribution in [-0.2, 0) is 6.18 Å². The molecule has 0 radical (unpaired) electrons. The van der Waals surface area contributed by atoms with E-state index in [1.54, 1.807) is 42.8 Å². The van der Waals surface area contributed by atoms with Gasteiger partial charge in [-0.05, 0) is 34.7 Å². The van der Waals surface area contributed by atoms with Gasteiger partial charge >= 0.3 is 6.18 Å². The molecule has 1 aromatic heterocycles. The number of halogens is 6. The predicted octanol–water partition coefficient (Wildman–Crippen LogP) is 3.87. The van der Waals surface area contributed by atoms with Crippen molar-refractivity contribution in [1.29, 1.82) is 5.26 Å². The van der Waals surface area contributed by atoms with Crippen molar-refractivity contribution in [3.63, 3.8) is 0 Å². The summed E-state index contributed by atoms with van der Waals surface area (Å²) in [5.41, 5.74) is -2.48. The molecule has 0 fully saturated rings. The van der Waals surface area contributed by atoms with Crippen molar-refractivity contribution in [3.8, 4) is 11.8 Å². The Hall–Kier alpha value is -2.23. The van der Waals surface area contributed by atoms with E-state index >= 15 is 0 Å². The first-order chi connectivity index (χ1) is 11.6. The summed E-state index contributed by atoms with van der Waals surface area (Å²) < 4.78 is 67.3. The number of rotatable bonds is 3. The monoisotopic (exact) mass is 469 g/mol. The lowest BCUT2D eigenvalue weighted by atomic mass is 10.2. The van der Waals surface area contributed by atoms with Gasteiger partial charge in [0.05, 0.1) is 15.5 Å². The molecule has 0 spiro atoms. The predicted molar refractivity (Wildman–Crippen MR) is 87.8 cm³/mol. The van der Waals surface area contributed by atoms with Crippen LogP contribution in [0.5, 0.6) is 0 Å². The van der Waals surface area contributed by atoms with Crippen molar-refractivity contribution in [2.45, 2.75) is 6.18 Å². The normalized spacial score (nSPS) is 11.8. The lowest BCUT2D eigenvalue weighted by Crippen LogP contribution is -2.11. The van der Waals surface area contributed by atoms with Gasteiger partial charge in [-0.15, -0.1) is 0 Å². The van der Waals surface area contributed by atoms with E-state index < -0.39 is 29.1 Å². The largest absolute Gasteiger partial charge is 0.416 e. The minimum absolute atomic E-state index is 0.0802. The first-order valence-electron chi connectivity index (χ1n) is 6.52. The summed E-state index contributed by atoms with van der Waals surface area (Å²) in [5, 5.41) is 12.8. The van der Waals surface area contributed by atoms with Crippen LogP contribution in [0, 0.1) is 26.5 Å². The summed E-state index contributed by atoms with van der Waals surface area (Å²) >= 11 is 1.72. The summed E-state index contributed by atoms with van der Waals surface area (Å²) in [6.07, 6.45) is -3.60. The maximum atomic E-state index is 14.2. The van der Waals surface area contributed by atoms with Crippen molar-refractivity contribution in [2.75, 3.05) is 14.1 Å². The Balaban J connectivity index is 2.73. The second-order valence-electron chi connectivity index (χ2n) is 5.00. The van der Waals surface area contributed by atoms with Crippen LogP contribution >= 0.6 is 22.6 Å². The van der Waals surface area contributed by atoms with Crippen LogP contribution in [0.25, 0.3) is 5.69 Å². The molecule has 0 amide bonds. The molecule has 2 rings (SSSR count). The smallest absolute Gasteiger partial charge is 0.369 e. The number of aliphatic imine (C=N–C) groups is 1. The first-order valence-corrected chi connectivity index (χ1v) is 7.60. The van der Waals surface area contributed by atoms with E-state index in [0.717, 1.165) is 0 Å². The van der Waals surface area contributed by atoms with Crippen LogP contribution in [-0.4, -0.2) is 35.1 Å². The van der Waals surface area contributed by atoms with Gasteiger partial charge in [0.2, 0.25) is 0 Å². The highest BCUT2D eigenvalue weighted by Crippen LogP contribution is 2.35. The number of alkyl halides is 3. The zero-order chi connectivity index (χ0) is 18.9. The van der Waals surface area contributed by atoms with Crippen molar-refractivity contribution < 1.29 is 22.0 Å². The first kappa shape index (κ1) is 19.1. The zero-order valence-corrected chi connectivity index (χ0v) is 14.9. The molecular formula is C14H9F5IN5. The Kier molecular flexibility index (Phi) is 5.31. The number of nitriles is 1. The minimum atomic E-state index is -4.90. The molecule has 0 saturated heterocycles. The van der Waals surface area contributed by atoms with Gasteiger partial charge in [0.25, 0.3) is 0 Å². The van der Waals surface area contributed by atoms with Crippen molar-refractivity contribution >= 4 is 34.7 Å². The molecule has 0 bridgehead atoms. The van der Waals surface area contributed by atoms with Crippen LogP contribution in [0.15, 0.2) is 17.1 Å². The lowest BCUT2D eigenvalue weighted by Gasteiger charge is -2.12. The molecule has 0 saturated carbocycles. The number of hydrogen-bond donors (Lipinski definition) is 0. The Morgan fingerprint density at radius 2 is 1.84 bits per heavy atom. The summed E-state index contributed by atoms with van der Waals surface area (Å²) in [6, 6.07) is 2.07. The van der Waals surface area contributed by atoms with Gasteiger partial charge in [-0.3, -0.25) is 0 Å². The zero-order valence-electron chi connectivity index (χ0n) is 12.7. The van der Waals surface area contributed by atoms with E-state index in [1.807, 2.05) is 0 Å². The summed E-state index contributed by atoms with van der Waals surface area (Å²) in [6.45, 7) is 0. The van der Waals surface area contributed by atoms with E-state index in [9.17, 15) is 22.0 Å². The van der Waals surface area contributed by atoms with Crippen LogP contribution < -0.4 is 0 Å². The molecule has 1 heterocycles. The highest BCUT2D eigenvalue weighted by Gasteiger charge is 2.33. The number of benzene rings is 1. The number of aromatic nitrogens is 2. The number of hydrogen-bond acceptors (Lipinski definition) is 3. The Labute approximate surface area is 152 Å². The fourth-order valence-corrected chi connectivity index (χ4v) is 2.43. The molecule has 5 nitrogen and oxygen atoms in total. The minimum Gasteiger partial charge on any atom is -0.369 e. The van der Waals surface area contributed by atoms with E-state index in [-0.39, 0.29) is 27.2 Å². The maximum Gasteiger partial charge on any atom is 0.416 e. The molecular weight excluding hydrogens is 460 g/mol. The van der Waals surface area contributed by atoms with E-state index in [1.165, 1.54) is 11.2 Å². The highest BCUT2D eigenvalue weighted by atomic mass is 127. The molecule has 0 N–H and O–H groups in total. The topological polar surface area (TPSA) is 57.2 Å². The summed E-state index contributed by atoms with van der Waals surface area (Å²) in [4.78, 5) is 5.52. The third-order valence-electron chi connectivity index (χ3n) is 2.88. The molecule has 132 valence electrons. The second-order valence-corrected chi connectivity index (χ2v) is 6.08. The molecule has 11 heteroatoms. The average Bonchev–Trinajstić information content (AvgIpc) is 2.79. The molecule has 0 aliphatic rings. The molecule has 0 aliphatic carbocycles. The summed E-state index contributed by atoms with van der Waals surface area (Å²) in [7, 11) is 3.28. The Morgan fingerprint density at radius 3 is 2.28 bits per heavy atom. The van der Waals surface area contributed by atoms with Gasteiger partial charge in [0.1, 0.15) is 11.8 Å². The van der Waals surface area contributed by atoms with Gasteiger partial charge in [0, 0.05) is 14.1 Å². The van der Waals surface area contributed by atoms with Crippen molar-refractivity contribution in [2.24, 2.45) is 4.99 Å². The molecule has 0 unspecified atom stereocenters. The van der Waals surface area contributed by atoms with Crippen LogP contribution in [0.3, 0.4) is 0 Å². The fourth-order valence-electron chi connectivity index (χ4n) is 1.83. The lowest BCUT2D eigenvalue weighted by molar-refractivity contribution is -0.138. The standard InChI is InChI=1S/C14H9F5IN5/c1-24(2)6-22-13-11(20)10(5-21)23-25(13)12-8(15)3-7(4-9(12)16)14(17,18)19/h3-4,6H,1-2H3. The van der Waals surface area contributed by atoms with Gasteiger partial charge in [-0.25, -0.2) is 18.5 Å². The molecule has 25 heavy (non-hydrogen) atoms. The van der Waals surface area contributed by atoms with E-state index in [4.69, 9.17) is 5.26 Å². The SMILES string of the molecule is CN(C)C=Nc1c(I)c(C#N)nn1-c1c(F)cc(C(F)(F)F)cc1F. The van der Waals surface area contributed by atoms with E-state index in [2.05, 4.69) is 10.1 Å². The molecule has 2 aromatic rings. The molecule has 0 aliphatic heterocycles. The van der Waals surface area contributed by atoms with Crippen LogP contribution in [0.4, 0.5) is 27.8 Å². The Bertz CT molecular complexity index is 856. The summed E-state index contributed by atoms with van der Waals surface area (Å²) in [5.74, 6) is -3.03. The van der Waals surface area contributed by atoms with Crippen LogP contribution in [0.2, 0.25) is 0 Å². The Morgan fingerprint density at radius 1 is 1.28 bits per heavy atom. The quantitative estimate of drug-likeness (QED) is 0.297. The third kappa shape index (κ3) is 3.89. The molecule has 0 atom stereocenters. The number of nitrogens with zero attached hydrogens (tertiary/aromatic N) is 5. The van der Waals surface area contributed by atoms with Gasteiger partial charge in [-0.2, -0.15) is 23.5 Å². The van der Waals surface area contributed by atoms with E-state index in [0.29, 0.717) is 4.68 Å². The van der Waals surface area contributed by atoms with Crippen molar-refractivity contribution in [3.05, 3.63) is 38.6 Å². The van der Waals surface area contributed by atoms with Gasteiger partial charge < -0.3 is 4.90 Å².